The highest BCUT2D eigenvalue weighted by Crippen LogP contribution is 2.29. The van der Waals surface area contributed by atoms with E-state index in [1.807, 2.05) is 6.92 Å². The summed E-state index contributed by atoms with van der Waals surface area (Å²) < 4.78 is 4.96. The third-order valence-electron chi connectivity index (χ3n) is 4.39. The molecule has 0 aromatic carbocycles. The van der Waals surface area contributed by atoms with Gasteiger partial charge in [-0.1, -0.05) is 26.7 Å². The smallest absolute Gasteiger partial charge is 0.236 e. The van der Waals surface area contributed by atoms with Crippen molar-refractivity contribution in [3.63, 3.8) is 0 Å². The predicted octanol–water partition coefficient (Wildman–Crippen LogP) is 1.94. The third kappa shape index (κ3) is 5.49. The fourth-order valence-electron chi connectivity index (χ4n) is 2.80. The van der Waals surface area contributed by atoms with Gasteiger partial charge in [0.1, 0.15) is 0 Å². The molecule has 0 radical (unpaired) electrons. The van der Waals surface area contributed by atoms with E-state index < -0.39 is 0 Å². The van der Waals surface area contributed by atoms with Gasteiger partial charge in [0.15, 0.2) is 0 Å². The van der Waals surface area contributed by atoms with Crippen LogP contribution in [-0.2, 0) is 9.53 Å². The highest BCUT2D eigenvalue weighted by molar-refractivity contribution is 5.81. The van der Waals surface area contributed by atoms with E-state index in [0.29, 0.717) is 25.1 Å². The maximum absolute atomic E-state index is 12.0. The first-order valence-electron chi connectivity index (χ1n) is 7.59. The molecule has 0 aromatic rings. The molecule has 4 unspecified atom stereocenters. The van der Waals surface area contributed by atoms with Crippen molar-refractivity contribution in [3.8, 4) is 0 Å². The molecule has 0 aliphatic heterocycles. The van der Waals surface area contributed by atoms with E-state index in [1.54, 1.807) is 7.11 Å². The topological polar surface area (TPSA) is 50.4 Å². The van der Waals surface area contributed by atoms with Crippen molar-refractivity contribution in [2.24, 2.45) is 11.8 Å². The first-order valence-corrected chi connectivity index (χ1v) is 7.59. The molecule has 1 fully saturated rings. The van der Waals surface area contributed by atoms with Gasteiger partial charge in [-0.3, -0.25) is 4.79 Å². The summed E-state index contributed by atoms with van der Waals surface area (Å²) in [4.78, 5) is 12.0. The number of carbonyl (C=O) groups is 1. The van der Waals surface area contributed by atoms with Gasteiger partial charge in [0, 0.05) is 26.3 Å². The number of rotatable bonds is 7. The Morgan fingerprint density at radius 2 is 2.11 bits per heavy atom. The van der Waals surface area contributed by atoms with Crippen LogP contribution in [-0.4, -0.2) is 38.3 Å². The molecule has 0 heterocycles. The number of ether oxygens (including phenoxy) is 1. The van der Waals surface area contributed by atoms with Gasteiger partial charge in [-0.2, -0.15) is 0 Å². The first-order chi connectivity index (χ1) is 9.06. The summed E-state index contributed by atoms with van der Waals surface area (Å²) >= 11 is 0. The van der Waals surface area contributed by atoms with Gasteiger partial charge in [0.25, 0.3) is 0 Å². The van der Waals surface area contributed by atoms with Gasteiger partial charge < -0.3 is 15.4 Å². The molecule has 2 N–H and O–H groups in total. The fraction of sp³-hybridized carbons (Fsp3) is 0.933. The molecule has 1 aliphatic rings. The van der Waals surface area contributed by atoms with Crippen molar-refractivity contribution >= 4 is 5.91 Å². The predicted molar refractivity (Wildman–Crippen MR) is 78.1 cm³/mol. The molecule has 1 aliphatic carbocycles. The molecule has 0 aromatic heterocycles. The molecule has 1 saturated carbocycles. The lowest BCUT2D eigenvalue weighted by Crippen LogP contribution is -2.50. The summed E-state index contributed by atoms with van der Waals surface area (Å²) in [5.41, 5.74) is 0. The Morgan fingerprint density at radius 3 is 2.79 bits per heavy atom. The zero-order valence-corrected chi connectivity index (χ0v) is 12.9. The van der Waals surface area contributed by atoms with Gasteiger partial charge in [0.2, 0.25) is 5.91 Å². The van der Waals surface area contributed by atoms with Crippen LogP contribution in [0.4, 0.5) is 0 Å². The van der Waals surface area contributed by atoms with Crippen LogP contribution in [0.2, 0.25) is 0 Å². The molecule has 0 bridgehead atoms. The molecular weight excluding hydrogens is 240 g/mol. The number of hydrogen-bond donors (Lipinski definition) is 2. The second kappa shape index (κ2) is 8.54. The highest BCUT2D eigenvalue weighted by Gasteiger charge is 2.28. The third-order valence-corrected chi connectivity index (χ3v) is 4.39. The minimum Gasteiger partial charge on any atom is -0.385 e. The lowest BCUT2D eigenvalue weighted by molar-refractivity contribution is -0.123. The van der Waals surface area contributed by atoms with Crippen LogP contribution >= 0.6 is 0 Å². The van der Waals surface area contributed by atoms with E-state index in [9.17, 15) is 4.79 Å². The van der Waals surface area contributed by atoms with Crippen molar-refractivity contribution in [2.75, 3.05) is 20.3 Å². The Bertz CT molecular complexity index is 271. The summed E-state index contributed by atoms with van der Waals surface area (Å²) in [6, 6.07) is 0.365. The summed E-state index contributed by atoms with van der Waals surface area (Å²) in [6.45, 7) is 7.95. The molecule has 0 spiro atoms. The molecule has 0 saturated heterocycles. The number of nitrogens with one attached hydrogen (secondary N) is 2. The number of carbonyl (C=O) groups excluding carboxylic acids is 1. The van der Waals surface area contributed by atoms with Gasteiger partial charge in [0.05, 0.1) is 6.04 Å². The second-order valence-corrected chi connectivity index (χ2v) is 5.90. The summed E-state index contributed by atoms with van der Waals surface area (Å²) in [5.74, 6) is 1.50. The quantitative estimate of drug-likeness (QED) is 0.695. The highest BCUT2D eigenvalue weighted by atomic mass is 16.5. The molecule has 1 rings (SSSR count). The van der Waals surface area contributed by atoms with E-state index in [2.05, 4.69) is 24.5 Å². The summed E-state index contributed by atoms with van der Waals surface area (Å²) in [5, 5.41) is 6.45. The molecule has 4 nitrogen and oxygen atoms in total. The Labute approximate surface area is 117 Å². The Balaban J connectivity index is 2.28. The number of amides is 1. The van der Waals surface area contributed by atoms with Gasteiger partial charge >= 0.3 is 0 Å². The zero-order chi connectivity index (χ0) is 14.3. The van der Waals surface area contributed by atoms with Crippen LogP contribution in [0.5, 0.6) is 0 Å². The van der Waals surface area contributed by atoms with E-state index in [0.717, 1.165) is 12.3 Å². The minimum absolute atomic E-state index is 0.0986. The Kier molecular flexibility index (Phi) is 7.39. The molecule has 1 amide bonds. The van der Waals surface area contributed by atoms with Gasteiger partial charge in [-0.05, 0) is 31.6 Å². The van der Waals surface area contributed by atoms with Gasteiger partial charge in [-0.15, -0.1) is 0 Å². The van der Waals surface area contributed by atoms with Crippen LogP contribution in [0.15, 0.2) is 0 Å². The Hall–Kier alpha value is -0.610. The summed E-state index contributed by atoms with van der Waals surface area (Å²) in [7, 11) is 1.68. The van der Waals surface area contributed by atoms with E-state index in [-0.39, 0.29) is 11.9 Å². The first kappa shape index (κ1) is 16.4. The van der Waals surface area contributed by atoms with E-state index in [4.69, 9.17) is 4.74 Å². The lowest BCUT2D eigenvalue weighted by Gasteiger charge is -2.36. The van der Waals surface area contributed by atoms with Crippen molar-refractivity contribution in [1.82, 2.24) is 10.6 Å². The lowest BCUT2D eigenvalue weighted by atomic mass is 9.78. The fourth-order valence-corrected chi connectivity index (χ4v) is 2.80. The Morgan fingerprint density at radius 1 is 1.37 bits per heavy atom. The maximum atomic E-state index is 12.0. The van der Waals surface area contributed by atoms with Crippen LogP contribution in [0.25, 0.3) is 0 Å². The summed E-state index contributed by atoms with van der Waals surface area (Å²) in [6.07, 6.45) is 4.64. The normalized spacial score (nSPS) is 28.9. The SMILES string of the molecule is COCCCNC(=O)C(C)NC1CCCC(C)C1C. The van der Waals surface area contributed by atoms with E-state index in [1.165, 1.54) is 19.3 Å². The van der Waals surface area contributed by atoms with Crippen LogP contribution in [0.3, 0.4) is 0 Å². The van der Waals surface area contributed by atoms with Gasteiger partial charge in [-0.25, -0.2) is 0 Å². The molecule has 4 atom stereocenters. The standard InChI is InChI=1S/C15H30N2O2/c1-11-7-5-8-14(12(11)2)17-13(3)15(18)16-9-6-10-19-4/h11-14,17H,5-10H2,1-4H3,(H,16,18). The second-order valence-electron chi connectivity index (χ2n) is 5.90. The average molecular weight is 270 g/mol. The largest absolute Gasteiger partial charge is 0.385 e. The molecule has 19 heavy (non-hydrogen) atoms. The number of hydrogen-bond acceptors (Lipinski definition) is 3. The molecular formula is C15H30N2O2. The maximum Gasteiger partial charge on any atom is 0.236 e. The van der Waals surface area contributed by atoms with Crippen molar-refractivity contribution in [1.29, 1.82) is 0 Å². The van der Waals surface area contributed by atoms with Crippen LogP contribution < -0.4 is 10.6 Å². The average Bonchev–Trinajstić information content (AvgIpc) is 2.39. The molecule has 4 heteroatoms. The molecule has 112 valence electrons. The number of methoxy groups -OCH3 is 1. The zero-order valence-electron chi connectivity index (χ0n) is 12.9. The van der Waals surface area contributed by atoms with Crippen LogP contribution in [0.1, 0.15) is 46.5 Å². The van der Waals surface area contributed by atoms with Crippen molar-refractivity contribution < 1.29 is 9.53 Å². The van der Waals surface area contributed by atoms with Crippen LogP contribution in [0, 0.1) is 11.8 Å². The monoisotopic (exact) mass is 270 g/mol. The minimum atomic E-state index is -0.111. The van der Waals surface area contributed by atoms with Crippen molar-refractivity contribution in [3.05, 3.63) is 0 Å². The van der Waals surface area contributed by atoms with E-state index >= 15 is 0 Å². The van der Waals surface area contributed by atoms with Crippen molar-refractivity contribution in [2.45, 2.75) is 58.5 Å².